The molecule has 0 bridgehead atoms. The van der Waals surface area contributed by atoms with E-state index in [4.69, 9.17) is 15.0 Å². The van der Waals surface area contributed by atoms with E-state index in [1.165, 1.54) is 37.7 Å². The first-order valence-electron chi connectivity index (χ1n) is 11.7. The molecular weight excluding hydrogens is 428 g/mol. The average Bonchev–Trinajstić information content (AvgIpc) is 2.85. The summed E-state index contributed by atoms with van der Waals surface area (Å²) in [6, 6.07) is 20.5. The minimum absolute atomic E-state index is 0.563. The summed E-state index contributed by atoms with van der Waals surface area (Å²) < 4.78 is 11.4. The third kappa shape index (κ3) is 7.36. The van der Waals surface area contributed by atoms with E-state index in [1.54, 1.807) is 18.9 Å². The first kappa shape index (κ1) is 24.8. The Bertz CT molecular complexity index is 1020. The van der Waals surface area contributed by atoms with Gasteiger partial charge in [-0.2, -0.15) is 5.11 Å². The summed E-state index contributed by atoms with van der Waals surface area (Å²) in [6.07, 6.45) is 7.27. The van der Waals surface area contributed by atoms with Gasteiger partial charge in [0, 0.05) is 9.79 Å². The Hall–Kier alpha value is -2.79. The van der Waals surface area contributed by atoms with Crippen LogP contribution in [0.4, 0.5) is 5.69 Å². The number of ether oxygens (including phenoxy) is 2. The summed E-state index contributed by atoms with van der Waals surface area (Å²) >= 11 is 1.68. The first-order chi connectivity index (χ1) is 16.1. The van der Waals surface area contributed by atoms with E-state index in [9.17, 15) is 0 Å². The van der Waals surface area contributed by atoms with Gasteiger partial charge in [-0.25, -0.2) is 5.53 Å². The Morgan fingerprint density at radius 2 is 1.58 bits per heavy atom. The lowest BCUT2D eigenvalue weighted by Crippen LogP contribution is -1.98. The van der Waals surface area contributed by atoms with Crippen LogP contribution >= 0.6 is 11.8 Å². The van der Waals surface area contributed by atoms with Crippen molar-refractivity contribution in [3.63, 3.8) is 0 Å². The highest BCUT2D eigenvalue weighted by atomic mass is 32.2. The van der Waals surface area contributed by atoms with E-state index in [0.717, 1.165) is 33.1 Å². The van der Waals surface area contributed by atoms with Crippen LogP contribution < -0.4 is 9.47 Å². The lowest BCUT2D eigenvalue weighted by atomic mass is 10.0. The van der Waals surface area contributed by atoms with Gasteiger partial charge in [-0.15, -0.1) is 0 Å². The van der Waals surface area contributed by atoms with E-state index < -0.39 is 0 Å². The zero-order valence-electron chi connectivity index (χ0n) is 19.9. The summed E-state index contributed by atoms with van der Waals surface area (Å²) in [6.45, 7) is 4.96. The number of methoxy groups -OCH3 is 1. The fourth-order valence-corrected chi connectivity index (χ4v) is 4.61. The van der Waals surface area contributed by atoms with Crippen molar-refractivity contribution in [1.82, 2.24) is 0 Å². The predicted molar refractivity (Wildman–Crippen MR) is 137 cm³/mol. The summed E-state index contributed by atoms with van der Waals surface area (Å²) in [4.78, 5) is 2.19. The van der Waals surface area contributed by atoms with Gasteiger partial charge in [0.05, 0.1) is 13.7 Å². The Morgan fingerprint density at radius 3 is 2.24 bits per heavy atom. The molecule has 0 fully saturated rings. The van der Waals surface area contributed by atoms with Gasteiger partial charge >= 0.3 is 0 Å². The molecule has 33 heavy (non-hydrogen) atoms. The highest BCUT2D eigenvalue weighted by molar-refractivity contribution is 7.99. The highest BCUT2D eigenvalue weighted by Crippen LogP contribution is 2.43. The van der Waals surface area contributed by atoms with Crippen LogP contribution in [0.2, 0.25) is 0 Å². The van der Waals surface area contributed by atoms with Gasteiger partial charge in [0.2, 0.25) is 0 Å². The fraction of sp³-hybridized carbons (Fsp3) is 0.357. The van der Waals surface area contributed by atoms with Gasteiger partial charge < -0.3 is 9.47 Å². The normalized spacial score (nSPS) is 10.8. The molecule has 1 N–H and O–H groups in total. The SMILES string of the molecule is CCCCCCCCOc1cc(-c2ccc(OC)cc2)c(Sc2ccc(C)cc2)cc1N=N. The van der Waals surface area contributed by atoms with E-state index in [0.29, 0.717) is 18.0 Å². The monoisotopic (exact) mass is 462 g/mol. The summed E-state index contributed by atoms with van der Waals surface area (Å²) in [5.41, 5.74) is 11.7. The molecule has 174 valence electrons. The maximum atomic E-state index is 7.73. The van der Waals surface area contributed by atoms with Crippen molar-refractivity contribution in [3.8, 4) is 22.6 Å². The van der Waals surface area contributed by atoms with Gasteiger partial charge in [0.1, 0.15) is 17.2 Å². The molecule has 0 aliphatic carbocycles. The van der Waals surface area contributed by atoms with E-state index in [1.807, 2.05) is 24.3 Å². The van der Waals surface area contributed by atoms with Crippen LogP contribution in [0.15, 0.2) is 75.6 Å². The lowest BCUT2D eigenvalue weighted by molar-refractivity contribution is 0.305. The molecular formula is C28H34N2O2S. The van der Waals surface area contributed by atoms with E-state index >= 15 is 0 Å². The van der Waals surface area contributed by atoms with Crippen LogP contribution in [0.5, 0.6) is 11.5 Å². The topological polar surface area (TPSA) is 54.7 Å². The molecule has 0 spiro atoms. The van der Waals surface area contributed by atoms with Crippen molar-refractivity contribution in [2.45, 2.75) is 62.2 Å². The van der Waals surface area contributed by atoms with Crippen LogP contribution in [0, 0.1) is 12.5 Å². The minimum Gasteiger partial charge on any atom is -0.497 e. The molecule has 3 aromatic carbocycles. The van der Waals surface area contributed by atoms with Crippen LogP contribution in [0.1, 0.15) is 51.0 Å². The van der Waals surface area contributed by atoms with E-state index in [2.05, 4.69) is 55.4 Å². The Morgan fingerprint density at radius 1 is 0.879 bits per heavy atom. The zero-order chi connectivity index (χ0) is 23.5. The van der Waals surface area contributed by atoms with Gasteiger partial charge in [-0.05, 0) is 60.9 Å². The predicted octanol–water partition coefficient (Wildman–Crippen LogP) is 9.22. The molecule has 0 aromatic heterocycles. The van der Waals surface area contributed by atoms with Crippen molar-refractivity contribution in [1.29, 1.82) is 5.53 Å². The number of hydrogen-bond donors (Lipinski definition) is 1. The number of benzene rings is 3. The zero-order valence-corrected chi connectivity index (χ0v) is 20.7. The molecule has 0 aliphatic rings. The second kappa shape index (κ2) is 13.0. The number of rotatable bonds is 13. The van der Waals surface area contributed by atoms with Crippen molar-refractivity contribution >= 4 is 17.4 Å². The maximum Gasteiger partial charge on any atom is 0.147 e. The minimum atomic E-state index is 0.563. The van der Waals surface area contributed by atoms with Crippen LogP contribution in [-0.4, -0.2) is 13.7 Å². The number of unbranched alkanes of at least 4 members (excludes halogenated alkanes) is 5. The van der Waals surface area contributed by atoms with Crippen molar-refractivity contribution < 1.29 is 9.47 Å². The molecule has 0 atom stereocenters. The quantitative estimate of drug-likeness (QED) is 0.203. The second-order valence-corrected chi connectivity index (χ2v) is 9.30. The number of aryl methyl sites for hydroxylation is 1. The molecule has 4 nitrogen and oxygen atoms in total. The van der Waals surface area contributed by atoms with Crippen LogP contribution in [0.25, 0.3) is 11.1 Å². The molecule has 0 saturated heterocycles. The lowest BCUT2D eigenvalue weighted by Gasteiger charge is -2.15. The highest BCUT2D eigenvalue weighted by Gasteiger charge is 2.14. The van der Waals surface area contributed by atoms with Crippen LogP contribution in [0.3, 0.4) is 0 Å². The van der Waals surface area contributed by atoms with Crippen LogP contribution in [-0.2, 0) is 0 Å². The van der Waals surface area contributed by atoms with Gasteiger partial charge in [-0.1, -0.05) is 80.6 Å². The molecule has 0 saturated carbocycles. The molecule has 0 aliphatic heterocycles. The fourth-order valence-electron chi connectivity index (χ4n) is 3.63. The summed E-state index contributed by atoms with van der Waals surface area (Å²) in [7, 11) is 1.67. The summed E-state index contributed by atoms with van der Waals surface area (Å²) in [5.74, 6) is 1.49. The third-order valence-corrected chi connectivity index (χ3v) is 6.65. The maximum absolute atomic E-state index is 7.73. The van der Waals surface area contributed by atoms with Crippen molar-refractivity contribution in [2.24, 2.45) is 5.11 Å². The molecule has 3 aromatic rings. The molecule has 3 rings (SSSR count). The van der Waals surface area contributed by atoms with Gasteiger partial charge in [0.15, 0.2) is 0 Å². The standard InChI is InChI=1S/C28H34N2O2S/c1-4-5-6-7-8-9-18-32-27-19-25(22-12-14-23(31-3)15-13-22)28(20-26(27)30-29)33-24-16-10-21(2)11-17-24/h10-17,19-20,29H,4-9,18H2,1-3H3. The van der Waals surface area contributed by atoms with Crippen molar-refractivity contribution in [3.05, 3.63) is 66.2 Å². The largest absolute Gasteiger partial charge is 0.497 e. The van der Waals surface area contributed by atoms with E-state index in [-0.39, 0.29) is 0 Å². The second-order valence-electron chi connectivity index (χ2n) is 8.19. The first-order valence-corrected chi connectivity index (χ1v) is 12.5. The Kier molecular flexibility index (Phi) is 9.82. The molecule has 0 radical (unpaired) electrons. The van der Waals surface area contributed by atoms with Crippen molar-refractivity contribution in [2.75, 3.05) is 13.7 Å². The number of nitrogens with zero attached hydrogens (tertiary/aromatic N) is 1. The number of hydrogen-bond acceptors (Lipinski definition) is 5. The molecule has 0 unspecified atom stereocenters. The Labute approximate surface area is 202 Å². The van der Waals surface area contributed by atoms with Gasteiger partial charge in [-0.3, -0.25) is 0 Å². The van der Waals surface area contributed by atoms with Gasteiger partial charge in [0.25, 0.3) is 0 Å². The summed E-state index contributed by atoms with van der Waals surface area (Å²) in [5, 5.41) is 3.78. The Balaban J connectivity index is 1.85. The third-order valence-electron chi connectivity index (χ3n) is 5.59. The molecule has 5 heteroatoms. The average molecular weight is 463 g/mol. The number of nitrogens with one attached hydrogen (secondary N) is 1. The molecule has 0 amide bonds. The smallest absolute Gasteiger partial charge is 0.147 e. The molecule has 0 heterocycles.